The van der Waals surface area contributed by atoms with E-state index in [0.29, 0.717) is 11.4 Å². The fraction of sp³-hybridized carbons (Fsp3) is 0.316. The average Bonchev–Trinajstić information content (AvgIpc) is 3.08. The first-order valence-electron chi connectivity index (χ1n) is 8.80. The lowest BCUT2D eigenvalue weighted by molar-refractivity contribution is -0.173. The SMILES string of the molecule is O=C(NCCCOCC(F)(F)F)c1cnc2sc(Cc3ccccc3)cn2c1=O. The molecular weight excluding hydrogens is 407 g/mol. The van der Waals surface area contributed by atoms with Gasteiger partial charge < -0.3 is 10.1 Å². The van der Waals surface area contributed by atoms with Gasteiger partial charge in [-0.15, -0.1) is 11.3 Å². The lowest BCUT2D eigenvalue weighted by Crippen LogP contribution is -2.32. The van der Waals surface area contributed by atoms with Crippen LogP contribution in [0.15, 0.2) is 47.5 Å². The van der Waals surface area contributed by atoms with E-state index in [2.05, 4.69) is 15.0 Å². The Morgan fingerprint density at radius 1 is 1.24 bits per heavy atom. The minimum atomic E-state index is -4.38. The second-order valence-electron chi connectivity index (χ2n) is 6.27. The number of fused-ring (bicyclic) bond motifs is 1. The van der Waals surface area contributed by atoms with Crippen LogP contribution in [0.5, 0.6) is 0 Å². The largest absolute Gasteiger partial charge is 0.411 e. The number of ether oxygens (including phenoxy) is 1. The third-order valence-electron chi connectivity index (χ3n) is 3.94. The van der Waals surface area contributed by atoms with Crippen molar-refractivity contribution in [3.8, 4) is 0 Å². The fourth-order valence-electron chi connectivity index (χ4n) is 2.62. The monoisotopic (exact) mass is 425 g/mol. The van der Waals surface area contributed by atoms with E-state index in [1.807, 2.05) is 30.3 Å². The predicted octanol–water partition coefficient (Wildman–Crippen LogP) is 3.05. The number of alkyl halides is 3. The quantitative estimate of drug-likeness (QED) is 0.563. The third-order valence-corrected chi connectivity index (χ3v) is 4.93. The number of rotatable bonds is 8. The highest BCUT2D eigenvalue weighted by molar-refractivity contribution is 7.17. The number of thiazole rings is 1. The van der Waals surface area contributed by atoms with Crippen LogP contribution in [0.2, 0.25) is 0 Å². The topological polar surface area (TPSA) is 72.7 Å². The van der Waals surface area contributed by atoms with E-state index in [1.165, 1.54) is 21.9 Å². The van der Waals surface area contributed by atoms with Crippen LogP contribution >= 0.6 is 11.3 Å². The molecule has 0 spiro atoms. The normalized spacial score (nSPS) is 11.7. The van der Waals surface area contributed by atoms with Crippen LogP contribution in [-0.4, -0.2) is 41.2 Å². The number of hydrogen-bond acceptors (Lipinski definition) is 5. The second-order valence-corrected chi connectivity index (χ2v) is 7.36. The van der Waals surface area contributed by atoms with Crippen LogP contribution in [0.4, 0.5) is 13.2 Å². The Morgan fingerprint density at radius 3 is 2.72 bits per heavy atom. The predicted molar refractivity (Wildman–Crippen MR) is 102 cm³/mol. The van der Waals surface area contributed by atoms with Crippen LogP contribution < -0.4 is 10.9 Å². The summed E-state index contributed by atoms with van der Waals surface area (Å²) in [4.78, 5) is 30.4. The zero-order valence-electron chi connectivity index (χ0n) is 15.2. The molecule has 0 aliphatic heterocycles. The van der Waals surface area contributed by atoms with E-state index in [0.717, 1.165) is 10.4 Å². The van der Waals surface area contributed by atoms with E-state index in [1.54, 1.807) is 6.20 Å². The molecule has 2 aromatic heterocycles. The molecule has 3 rings (SSSR count). The summed E-state index contributed by atoms with van der Waals surface area (Å²) >= 11 is 1.37. The molecule has 0 aliphatic rings. The fourth-order valence-corrected chi connectivity index (χ4v) is 3.60. The molecular formula is C19H18F3N3O3S. The first-order valence-corrected chi connectivity index (χ1v) is 9.62. The van der Waals surface area contributed by atoms with Crippen LogP contribution in [0.25, 0.3) is 4.96 Å². The molecule has 0 saturated heterocycles. The molecule has 0 bridgehead atoms. The van der Waals surface area contributed by atoms with Gasteiger partial charge in [0.25, 0.3) is 11.5 Å². The van der Waals surface area contributed by atoms with Crippen LogP contribution in [0.3, 0.4) is 0 Å². The Balaban J connectivity index is 1.60. The Morgan fingerprint density at radius 2 is 2.00 bits per heavy atom. The maximum atomic E-state index is 12.6. The van der Waals surface area contributed by atoms with Crippen molar-refractivity contribution in [2.75, 3.05) is 19.8 Å². The van der Waals surface area contributed by atoms with Crippen molar-refractivity contribution in [1.82, 2.24) is 14.7 Å². The van der Waals surface area contributed by atoms with Crippen LogP contribution in [0, 0.1) is 0 Å². The standard InChI is InChI=1S/C19H18F3N3O3S/c20-19(21,22)12-28-8-4-7-23-16(26)15-10-24-18-25(17(15)27)11-14(29-18)9-13-5-2-1-3-6-13/h1-3,5-6,10-11H,4,7-9,12H2,(H,23,26). The van der Waals surface area contributed by atoms with E-state index in [9.17, 15) is 22.8 Å². The van der Waals surface area contributed by atoms with E-state index in [4.69, 9.17) is 0 Å². The van der Waals surface area contributed by atoms with Crippen molar-refractivity contribution >= 4 is 22.2 Å². The number of nitrogens with zero attached hydrogens (tertiary/aromatic N) is 2. The lowest BCUT2D eigenvalue weighted by Gasteiger charge is -2.08. The van der Waals surface area contributed by atoms with Gasteiger partial charge in [-0.3, -0.25) is 14.0 Å². The Labute approximate surface area is 168 Å². The van der Waals surface area contributed by atoms with Crippen molar-refractivity contribution in [3.63, 3.8) is 0 Å². The number of aromatic nitrogens is 2. The van der Waals surface area contributed by atoms with Crippen LogP contribution in [-0.2, 0) is 11.2 Å². The summed E-state index contributed by atoms with van der Waals surface area (Å²) < 4.78 is 41.7. The zero-order valence-corrected chi connectivity index (χ0v) is 16.1. The van der Waals surface area contributed by atoms with E-state index < -0.39 is 24.2 Å². The number of nitrogens with one attached hydrogen (secondary N) is 1. The average molecular weight is 425 g/mol. The number of halogens is 3. The summed E-state index contributed by atoms with van der Waals surface area (Å²) in [5, 5.41) is 2.50. The zero-order chi connectivity index (χ0) is 20.9. The van der Waals surface area contributed by atoms with Crippen molar-refractivity contribution < 1.29 is 22.7 Å². The van der Waals surface area contributed by atoms with Gasteiger partial charge in [0, 0.05) is 36.8 Å². The highest BCUT2D eigenvalue weighted by Gasteiger charge is 2.27. The minimum absolute atomic E-state index is 0.0850. The number of benzene rings is 1. The molecule has 0 radical (unpaired) electrons. The number of amides is 1. The summed E-state index contributed by atoms with van der Waals surface area (Å²) in [5.74, 6) is -0.622. The Hall–Kier alpha value is -2.72. The van der Waals surface area contributed by atoms with Gasteiger partial charge in [0.1, 0.15) is 12.2 Å². The van der Waals surface area contributed by atoms with Crippen molar-refractivity contribution in [1.29, 1.82) is 0 Å². The molecule has 1 N–H and O–H groups in total. The summed E-state index contributed by atoms with van der Waals surface area (Å²) in [6.07, 6.45) is -0.648. The summed E-state index contributed by atoms with van der Waals surface area (Å²) in [6.45, 7) is -1.39. The first-order chi connectivity index (χ1) is 13.8. The molecule has 1 aromatic carbocycles. The van der Waals surface area contributed by atoms with Crippen molar-refractivity contribution in [2.45, 2.75) is 19.0 Å². The van der Waals surface area contributed by atoms with Gasteiger partial charge >= 0.3 is 6.18 Å². The van der Waals surface area contributed by atoms with Gasteiger partial charge in [0.15, 0.2) is 4.96 Å². The summed E-state index contributed by atoms with van der Waals surface area (Å²) in [5.41, 5.74) is 0.483. The highest BCUT2D eigenvalue weighted by Crippen LogP contribution is 2.18. The van der Waals surface area contributed by atoms with Gasteiger partial charge in [-0.1, -0.05) is 30.3 Å². The second kappa shape index (κ2) is 9.19. The molecule has 0 atom stereocenters. The van der Waals surface area contributed by atoms with Gasteiger partial charge in [-0.2, -0.15) is 13.2 Å². The number of carbonyl (C=O) groups excluding carboxylic acids is 1. The van der Waals surface area contributed by atoms with Gasteiger partial charge in [0.2, 0.25) is 0 Å². The van der Waals surface area contributed by atoms with Gasteiger partial charge in [-0.25, -0.2) is 4.98 Å². The highest BCUT2D eigenvalue weighted by atomic mass is 32.1. The maximum Gasteiger partial charge on any atom is 0.411 e. The van der Waals surface area contributed by atoms with Crippen LogP contribution in [0.1, 0.15) is 27.2 Å². The van der Waals surface area contributed by atoms with Crippen molar-refractivity contribution in [3.05, 3.63) is 69.1 Å². The molecule has 2 heterocycles. The number of hydrogen-bond donors (Lipinski definition) is 1. The first kappa shape index (κ1) is 21.0. The number of carbonyl (C=O) groups is 1. The molecule has 0 aliphatic carbocycles. The molecule has 0 saturated carbocycles. The third kappa shape index (κ3) is 5.88. The lowest BCUT2D eigenvalue weighted by atomic mass is 10.1. The molecule has 10 heteroatoms. The molecule has 0 fully saturated rings. The van der Waals surface area contributed by atoms with E-state index >= 15 is 0 Å². The maximum absolute atomic E-state index is 12.6. The van der Waals surface area contributed by atoms with Crippen molar-refractivity contribution in [2.24, 2.45) is 0 Å². The van der Waals surface area contributed by atoms with Gasteiger partial charge in [-0.05, 0) is 12.0 Å². The molecule has 154 valence electrons. The Kier molecular flexibility index (Phi) is 6.65. The minimum Gasteiger partial charge on any atom is -0.372 e. The summed E-state index contributed by atoms with van der Waals surface area (Å²) in [6, 6.07) is 9.76. The Bertz CT molecular complexity index is 1030. The summed E-state index contributed by atoms with van der Waals surface area (Å²) in [7, 11) is 0. The van der Waals surface area contributed by atoms with E-state index in [-0.39, 0.29) is 25.1 Å². The van der Waals surface area contributed by atoms with Gasteiger partial charge in [0.05, 0.1) is 0 Å². The molecule has 3 aromatic rings. The molecule has 6 nitrogen and oxygen atoms in total. The molecule has 29 heavy (non-hydrogen) atoms. The smallest absolute Gasteiger partial charge is 0.372 e. The molecule has 0 unspecified atom stereocenters. The molecule has 1 amide bonds.